The first-order chi connectivity index (χ1) is 10.0. The number of nitrogens with one attached hydrogen (secondary N) is 2. The Bertz CT molecular complexity index is 485. The van der Waals surface area contributed by atoms with Crippen LogP contribution in [0.5, 0.6) is 0 Å². The predicted molar refractivity (Wildman–Crippen MR) is 78.8 cm³/mol. The lowest BCUT2D eigenvalue weighted by Crippen LogP contribution is -2.42. The van der Waals surface area contributed by atoms with Gasteiger partial charge in [0.1, 0.15) is 5.56 Å². The Morgan fingerprint density at radius 1 is 1.43 bits per heavy atom. The molecule has 1 rings (SSSR count). The van der Waals surface area contributed by atoms with E-state index < -0.39 is 5.97 Å². The Morgan fingerprint density at radius 3 is 2.76 bits per heavy atom. The smallest absolute Gasteiger partial charge is 0.341 e. The molecule has 0 radical (unpaired) electrons. The molecular formula is C14H24N4O3. The van der Waals surface area contributed by atoms with Gasteiger partial charge in [0.15, 0.2) is 0 Å². The first kappa shape index (κ1) is 17.2. The van der Waals surface area contributed by atoms with E-state index in [1.54, 1.807) is 25.6 Å². The maximum absolute atomic E-state index is 11.8. The first-order valence-corrected chi connectivity index (χ1v) is 7.20. The molecule has 1 aromatic heterocycles. The van der Waals surface area contributed by atoms with Crippen molar-refractivity contribution in [3.8, 4) is 0 Å². The van der Waals surface area contributed by atoms with Gasteiger partial charge in [-0.3, -0.25) is 9.48 Å². The second-order valence-corrected chi connectivity index (χ2v) is 4.74. The molecule has 1 amide bonds. The van der Waals surface area contributed by atoms with Crippen LogP contribution in [0.1, 0.15) is 43.2 Å². The Morgan fingerprint density at radius 2 is 2.14 bits per heavy atom. The summed E-state index contributed by atoms with van der Waals surface area (Å²) in [4.78, 5) is 23.6. The van der Waals surface area contributed by atoms with Gasteiger partial charge in [-0.25, -0.2) is 4.79 Å². The second kappa shape index (κ2) is 8.41. The zero-order chi connectivity index (χ0) is 15.8. The number of ether oxygens (including phenoxy) is 1. The predicted octanol–water partition coefficient (Wildman–Crippen LogP) is 0.601. The van der Waals surface area contributed by atoms with Gasteiger partial charge < -0.3 is 15.4 Å². The number of nitrogens with zero attached hydrogens (tertiary/aromatic N) is 2. The van der Waals surface area contributed by atoms with Crippen LogP contribution in [0.15, 0.2) is 6.20 Å². The molecule has 0 fully saturated rings. The van der Waals surface area contributed by atoms with E-state index in [-0.39, 0.29) is 11.9 Å². The number of aryl methyl sites for hydroxylation is 1. The van der Waals surface area contributed by atoms with Crippen LogP contribution >= 0.6 is 0 Å². The molecule has 0 spiro atoms. The zero-order valence-electron chi connectivity index (χ0n) is 13.1. The average molecular weight is 296 g/mol. The fourth-order valence-corrected chi connectivity index (χ4v) is 1.80. The third-order valence-corrected chi connectivity index (χ3v) is 3.08. The molecule has 7 heteroatoms. The topological polar surface area (TPSA) is 85.2 Å². The summed E-state index contributed by atoms with van der Waals surface area (Å²) in [6, 6.07) is -0.346. The zero-order valence-corrected chi connectivity index (χ0v) is 13.1. The number of hydrogen-bond acceptors (Lipinski definition) is 5. The molecule has 0 saturated heterocycles. The number of esters is 1. The van der Waals surface area contributed by atoms with Gasteiger partial charge in [-0.1, -0.05) is 6.92 Å². The van der Waals surface area contributed by atoms with Gasteiger partial charge in [0, 0.05) is 20.1 Å². The van der Waals surface area contributed by atoms with Crippen molar-refractivity contribution in [2.24, 2.45) is 7.05 Å². The highest BCUT2D eigenvalue weighted by Crippen LogP contribution is 2.09. The van der Waals surface area contributed by atoms with Crippen molar-refractivity contribution < 1.29 is 14.3 Å². The quantitative estimate of drug-likeness (QED) is 0.686. The molecule has 1 aromatic rings. The summed E-state index contributed by atoms with van der Waals surface area (Å²) in [7, 11) is 1.75. The lowest BCUT2D eigenvalue weighted by molar-refractivity contribution is -0.122. The van der Waals surface area contributed by atoms with Crippen LogP contribution < -0.4 is 10.6 Å². The van der Waals surface area contributed by atoms with Gasteiger partial charge in [0.2, 0.25) is 5.91 Å². The minimum absolute atomic E-state index is 0.0586. The third kappa shape index (κ3) is 4.86. The fraction of sp³-hybridized carbons (Fsp3) is 0.643. The number of rotatable bonds is 8. The van der Waals surface area contributed by atoms with Crippen LogP contribution in [0.4, 0.5) is 0 Å². The summed E-state index contributed by atoms with van der Waals surface area (Å²) >= 11 is 0. The van der Waals surface area contributed by atoms with Crippen molar-refractivity contribution >= 4 is 11.9 Å². The molecule has 1 heterocycles. The largest absolute Gasteiger partial charge is 0.462 e. The molecule has 0 aromatic carbocycles. The molecule has 2 N–H and O–H groups in total. The van der Waals surface area contributed by atoms with E-state index in [2.05, 4.69) is 15.7 Å². The third-order valence-electron chi connectivity index (χ3n) is 3.08. The Balaban J connectivity index is 2.64. The number of carbonyl (C=O) groups is 2. The summed E-state index contributed by atoms with van der Waals surface area (Å²) < 4.78 is 6.60. The minimum Gasteiger partial charge on any atom is -0.462 e. The molecule has 1 unspecified atom stereocenters. The Hall–Kier alpha value is -1.89. The molecule has 21 heavy (non-hydrogen) atoms. The lowest BCUT2D eigenvalue weighted by Gasteiger charge is -2.14. The molecule has 1 atom stereocenters. The van der Waals surface area contributed by atoms with E-state index in [0.29, 0.717) is 31.0 Å². The maximum Gasteiger partial charge on any atom is 0.341 e. The van der Waals surface area contributed by atoms with E-state index in [9.17, 15) is 9.59 Å². The highest BCUT2D eigenvalue weighted by Gasteiger charge is 2.19. The molecule has 118 valence electrons. The maximum atomic E-state index is 11.8. The molecule has 0 aliphatic heterocycles. The molecule has 0 aliphatic carbocycles. The highest BCUT2D eigenvalue weighted by molar-refractivity contribution is 5.90. The molecule has 0 bridgehead atoms. The normalized spacial score (nSPS) is 12.0. The van der Waals surface area contributed by atoms with Crippen molar-refractivity contribution in [1.82, 2.24) is 20.4 Å². The van der Waals surface area contributed by atoms with E-state index in [4.69, 9.17) is 4.74 Å². The van der Waals surface area contributed by atoms with E-state index in [0.717, 1.165) is 6.42 Å². The van der Waals surface area contributed by atoms with Gasteiger partial charge in [-0.15, -0.1) is 0 Å². The van der Waals surface area contributed by atoms with Crippen LogP contribution in [0, 0.1) is 0 Å². The molecule has 0 saturated carbocycles. The van der Waals surface area contributed by atoms with Gasteiger partial charge in [0.25, 0.3) is 0 Å². The number of hydrogen-bond donors (Lipinski definition) is 2. The minimum atomic E-state index is -0.398. The fourth-order valence-electron chi connectivity index (χ4n) is 1.80. The van der Waals surface area contributed by atoms with Crippen molar-refractivity contribution in [3.05, 3.63) is 17.5 Å². The Kier molecular flexibility index (Phi) is 6.87. The highest BCUT2D eigenvalue weighted by atomic mass is 16.5. The van der Waals surface area contributed by atoms with E-state index >= 15 is 0 Å². The summed E-state index contributed by atoms with van der Waals surface area (Å²) in [6.07, 6.45) is 2.38. The summed E-state index contributed by atoms with van der Waals surface area (Å²) in [5.41, 5.74) is 1.12. The number of amides is 1. The first-order valence-electron chi connectivity index (χ1n) is 7.20. The molecule has 7 nitrogen and oxygen atoms in total. The van der Waals surface area contributed by atoms with Gasteiger partial charge in [-0.2, -0.15) is 5.10 Å². The van der Waals surface area contributed by atoms with Gasteiger partial charge in [-0.05, 0) is 20.3 Å². The van der Waals surface area contributed by atoms with Crippen molar-refractivity contribution in [3.63, 3.8) is 0 Å². The SMILES string of the molecule is CCCNC(=O)C(C)NCc1c(C(=O)OCC)cnn1C. The van der Waals surface area contributed by atoms with Gasteiger partial charge in [0.05, 0.1) is 24.5 Å². The lowest BCUT2D eigenvalue weighted by atomic mass is 10.2. The summed E-state index contributed by atoms with van der Waals surface area (Å²) in [5, 5.41) is 9.98. The Labute approximate surface area is 125 Å². The summed E-state index contributed by atoms with van der Waals surface area (Å²) in [5.74, 6) is -0.456. The van der Waals surface area contributed by atoms with Crippen LogP contribution in [-0.2, 0) is 23.1 Å². The van der Waals surface area contributed by atoms with Crippen LogP contribution in [0.3, 0.4) is 0 Å². The monoisotopic (exact) mass is 296 g/mol. The summed E-state index contributed by atoms with van der Waals surface area (Å²) in [6.45, 7) is 6.88. The van der Waals surface area contributed by atoms with Crippen LogP contribution in [-0.4, -0.2) is 40.9 Å². The second-order valence-electron chi connectivity index (χ2n) is 4.74. The average Bonchev–Trinajstić information content (AvgIpc) is 2.83. The van der Waals surface area contributed by atoms with E-state index in [1.165, 1.54) is 6.20 Å². The van der Waals surface area contributed by atoms with Crippen molar-refractivity contribution in [2.75, 3.05) is 13.2 Å². The van der Waals surface area contributed by atoms with E-state index in [1.807, 2.05) is 6.92 Å². The standard InChI is InChI=1S/C14H24N4O3/c1-5-7-15-13(19)10(3)16-9-12-11(8-17-18(12)4)14(20)21-6-2/h8,10,16H,5-7,9H2,1-4H3,(H,15,19). The van der Waals surface area contributed by atoms with Crippen molar-refractivity contribution in [2.45, 2.75) is 39.8 Å². The van der Waals surface area contributed by atoms with Gasteiger partial charge >= 0.3 is 5.97 Å². The van der Waals surface area contributed by atoms with Crippen LogP contribution in [0.2, 0.25) is 0 Å². The number of carbonyl (C=O) groups excluding carboxylic acids is 2. The molecular weight excluding hydrogens is 272 g/mol. The van der Waals surface area contributed by atoms with Crippen molar-refractivity contribution in [1.29, 1.82) is 0 Å². The van der Waals surface area contributed by atoms with Crippen LogP contribution in [0.25, 0.3) is 0 Å². The number of aromatic nitrogens is 2. The molecule has 0 aliphatic rings.